The Morgan fingerprint density at radius 2 is 1.90 bits per heavy atom. The molecular weight excluding hydrogens is 268 g/mol. The lowest BCUT2D eigenvalue weighted by Crippen LogP contribution is -2.35. The predicted molar refractivity (Wildman–Crippen MR) is 82.0 cm³/mol. The molecule has 0 saturated carbocycles. The summed E-state index contributed by atoms with van der Waals surface area (Å²) < 4.78 is 0. The molecule has 2 N–H and O–H groups in total. The monoisotopic (exact) mass is 292 g/mol. The summed E-state index contributed by atoms with van der Waals surface area (Å²) in [5.74, 6) is -1.29. The zero-order chi connectivity index (χ0) is 15.7. The normalized spacial score (nSPS) is 12.1. The molecule has 0 fully saturated rings. The maximum absolute atomic E-state index is 11.9. The van der Waals surface area contributed by atoms with E-state index in [0.29, 0.717) is 18.5 Å². The second-order valence-electron chi connectivity index (χ2n) is 5.16. The minimum atomic E-state index is -1.05. The van der Waals surface area contributed by atoms with Gasteiger partial charge in [0.05, 0.1) is 0 Å². The number of hydrogen-bond donors (Lipinski definition) is 2. The number of carboxylic acids is 1. The van der Waals surface area contributed by atoms with Crippen molar-refractivity contribution in [3.8, 4) is 0 Å². The summed E-state index contributed by atoms with van der Waals surface area (Å²) in [6.07, 6.45) is 2.52. The van der Waals surface area contributed by atoms with Crippen LogP contribution in [0.4, 0.5) is 0 Å². The van der Waals surface area contributed by atoms with Crippen molar-refractivity contribution in [2.45, 2.75) is 32.2 Å². The molecule has 0 aliphatic rings. The summed E-state index contributed by atoms with van der Waals surface area (Å²) in [5, 5.41) is 11.8. The van der Waals surface area contributed by atoms with E-state index in [1.54, 1.807) is 24.3 Å². The van der Waals surface area contributed by atoms with Gasteiger partial charge in [0.1, 0.15) is 0 Å². The zero-order valence-electron chi connectivity index (χ0n) is 12.7. The summed E-state index contributed by atoms with van der Waals surface area (Å²) in [6, 6.07) is 7.75. The summed E-state index contributed by atoms with van der Waals surface area (Å²) in [5.41, 5.74) is 0.581. The molecule has 1 aromatic rings. The first-order chi connectivity index (χ1) is 10.0. The van der Waals surface area contributed by atoms with Crippen molar-refractivity contribution in [3.05, 3.63) is 35.9 Å². The number of aliphatic carboxylic acids is 1. The summed E-state index contributed by atoms with van der Waals surface area (Å²) in [4.78, 5) is 25.3. The number of rotatable bonds is 9. The molecule has 1 aromatic carbocycles. The molecule has 21 heavy (non-hydrogen) atoms. The standard InChI is InChI=1S/C16H24N2O3/c1-3-4-11-18(2)12-10-14(19)17-15(16(20)21)13-8-6-5-7-9-13/h5-9,15H,3-4,10-12H2,1-2H3,(H,17,19)(H,20,21)/t15-/m0/s1. The van der Waals surface area contributed by atoms with E-state index < -0.39 is 12.0 Å². The Kier molecular flexibility index (Phi) is 7.46. The van der Waals surface area contributed by atoms with Gasteiger partial charge >= 0.3 is 5.97 Å². The highest BCUT2D eigenvalue weighted by atomic mass is 16.4. The quantitative estimate of drug-likeness (QED) is 0.731. The van der Waals surface area contributed by atoms with Crippen LogP contribution in [0, 0.1) is 0 Å². The van der Waals surface area contributed by atoms with Gasteiger partial charge in [-0.3, -0.25) is 4.79 Å². The molecule has 116 valence electrons. The third-order valence-electron chi connectivity index (χ3n) is 3.30. The highest BCUT2D eigenvalue weighted by Crippen LogP contribution is 2.12. The second-order valence-corrected chi connectivity index (χ2v) is 5.16. The lowest BCUT2D eigenvalue weighted by Gasteiger charge is -2.18. The van der Waals surface area contributed by atoms with Gasteiger partial charge in [0, 0.05) is 13.0 Å². The van der Waals surface area contributed by atoms with Crippen molar-refractivity contribution in [2.24, 2.45) is 0 Å². The van der Waals surface area contributed by atoms with Crippen LogP contribution in [-0.2, 0) is 9.59 Å². The van der Waals surface area contributed by atoms with E-state index in [1.165, 1.54) is 0 Å². The van der Waals surface area contributed by atoms with Gasteiger partial charge in [-0.1, -0.05) is 43.7 Å². The topological polar surface area (TPSA) is 69.6 Å². The molecule has 1 amide bonds. The Bertz CT molecular complexity index is 448. The van der Waals surface area contributed by atoms with Crippen molar-refractivity contribution >= 4 is 11.9 Å². The number of benzene rings is 1. The minimum absolute atomic E-state index is 0.241. The number of nitrogens with zero attached hydrogens (tertiary/aromatic N) is 1. The number of carbonyl (C=O) groups excluding carboxylic acids is 1. The molecule has 0 aliphatic heterocycles. The van der Waals surface area contributed by atoms with Crippen LogP contribution in [0.2, 0.25) is 0 Å². The van der Waals surface area contributed by atoms with Gasteiger partial charge in [-0.15, -0.1) is 0 Å². The maximum atomic E-state index is 11.9. The fourth-order valence-electron chi connectivity index (χ4n) is 2.00. The average Bonchev–Trinajstić information content (AvgIpc) is 2.49. The fraction of sp³-hybridized carbons (Fsp3) is 0.500. The Labute approximate surface area is 126 Å². The Balaban J connectivity index is 2.49. The fourth-order valence-corrected chi connectivity index (χ4v) is 2.00. The van der Waals surface area contributed by atoms with Crippen molar-refractivity contribution in [1.82, 2.24) is 10.2 Å². The number of hydrogen-bond acceptors (Lipinski definition) is 3. The number of amides is 1. The minimum Gasteiger partial charge on any atom is -0.479 e. The van der Waals surface area contributed by atoms with Crippen LogP contribution in [0.25, 0.3) is 0 Å². The summed E-state index contributed by atoms with van der Waals surface area (Å²) in [6.45, 7) is 3.70. The van der Waals surface area contributed by atoms with Gasteiger partial charge in [0.25, 0.3) is 0 Å². The van der Waals surface area contributed by atoms with Crippen LogP contribution < -0.4 is 5.32 Å². The molecule has 5 heteroatoms. The van der Waals surface area contributed by atoms with Gasteiger partial charge in [-0.2, -0.15) is 0 Å². The first kappa shape index (κ1) is 17.2. The van der Waals surface area contributed by atoms with Crippen LogP contribution in [0.3, 0.4) is 0 Å². The molecule has 0 aliphatic carbocycles. The predicted octanol–water partition coefficient (Wildman–Crippen LogP) is 2.05. The zero-order valence-corrected chi connectivity index (χ0v) is 12.7. The largest absolute Gasteiger partial charge is 0.479 e. The van der Waals surface area contributed by atoms with Crippen molar-refractivity contribution in [3.63, 3.8) is 0 Å². The summed E-state index contributed by atoms with van der Waals surface area (Å²) >= 11 is 0. The molecule has 0 aromatic heterocycles. The van der Waals surface area contributed by atoms with Crippen molar-refractivity contribution in [2.75, 3.05) is 20.1 Å². The van der Waals surface area contributed by atoms with Gasteiger partial charge in [0.2, 0.25) is 5.91 Å². The first-order valence-electron chi connectivity index (χ1n) is 7.30. The van der Waals surface area contributed by atoms with E-state index in [1.807, 2.05) is 13.1 Å². The molecule has 5 nitrogen and oxygen atoms in total. The molecule has 0 bridgehead atoms. The SMILES string of the molecule is CCCCN(C)CCC(=O)N[C@H](C(=O)O)c1ccccc1. The smallest absolute Gasteiger partial charge is 0.330 e. The third-order valence-corrected chi connectivity index (χ3v) is 3.30. The van der Waals surface area contributed by atoms with Crippen LogP contribution in [-0.4, -0.2) is 42.0 Å². The number of carboxylic acid groups (broad SMARTS) is 1. The number of nitrogens with one attached hydrogen (secondary N) is 1. The number of carbonyl (C=O) groups is 2. The van der Waals surface area contributed by atoms with Crippen LogP contribution >= 0.6 is 0 Å². The molecule has 0 spiro atoms. The van der Waals surface area contributed by atoms with Gasteiger partial charge in [-0.25, -0.2) is 4.79 Å². The number of unbranched alkanes of at least 4 members (excludes halogenated alkanes) is 1. The van der Waals surface area contributed by atoms with E-state index in [4.69, 9.17) is 0 Å². The Morgan fingerprint density at radius 3 is 2.48 bits per heavy atom. The van der Waals surface area contributed by atoms with Crippen LogP contribution in [0.1, 0.15) is 37.8 Å². The highest BCUT2D eigenvalue weighted by Gasteiger charge is 2.21. The lowest BCUT2D eigenvalue weighted by molar-refractivity contribution is -0.142. The van der Waals surface area contributed by atoms with Crippen molar-refractivity contribution < 1.29 is 14.7 Å². The van der Waals surface area contributed by atoms with E-state index in [-0.39, 0.29) is 5.91 Å². The molecule has 1 atom stereocenters. The molecule has 0 saturated heterocycles. The molecule has 1 rings (SSSR count). The van der Waals surface area contributed by atoms with Gasteiger partial charge in [-0.05, 0) is 25.6 Å². The van der Waals surface area contributed by atoms with E-state index >= 15 is 0 Å². The van der Waals surface area contributed by atoms with Crippen LogP contribution in [0.5, 0.6) is 0 Å². The second kappa shape index (κ2) is 9.13. The lowest BCUT2D eigenvalue weighted by atomic mass is 10.1. The third kappa shape index (κ3) is 6.40. The van der Waals surface area contributed by atoms with Crippen molar-refractivity contribution in [1.29, 1.82) is 0 Å². The summed E-state index contributed by atoms with van der Waals surface area (Å²) in [7, 11) is 1.97. The maximum Gasteiger partial charge on any atom is 0.330 e. The Morgan fingerprint density at radius 1 is 1.24 bits per heavy atom. The molecular formula is C16H24N2O3. The van der Waals surface area contributed by atoms with Gasteiger partial charge in [0.15, 0.2) is 6.04 Å². The Hall–Kier alpha value is -1.88. The van der Waals surface area contributed by atoms with Gasteiger partial charge < -0.3 is 15.3 Å². The first-order valence-corrected chi connectivity index (χ1v) is 7.30. The van der Waals surface area contributed by atoms with E-state index in [0.717, 1.165) is 19.4 Å². The average molecular weight is 292 g/mol. The molecule has 0 heterocycles. The van der Waals surface area contributed by atoms with E-state index in [9.17, 15) is 14.7 Å². The molecule has 0 unspecified atom stereocenters. The molecule has 0 radical (unpaired) electrons. The highest BCUT2D eigenvalue weighted by molar-refractivity contribution is 5.84. The van der Waals surface area contributed by atoms with Crippen LogP contribution in [0.15, 0.2) is 30.3 Å². The van der Waals surface area contributed by atoms with E-state index in [2.05, 4.69) is 17.1 Å².